The van der Waals surface area contributed by atoms with Gasteiger partial charge in [0.15, 0.2) is 0 Å². The van der Waals surface area contributed by atoms with Crippen molar-refractivity contribution in [1.82, 2.24) is 15.3 Å². The highest BCUT2D eigenvalue weighted by Crippen LogP contribution is 2.28. The minimum atomic E-state index is 0.161. The molecule has 1 fully saturated rings. The average molecular weight is 253 g/mol. The summed E-state index contributed by atoms with van der Waals surface area (Å²) in [5, 5.41) is 2.93. The molecule has 4 heteroatoms. The lowest BCUT2D eigenvalue weighted by Gasteiger charge is -2.05. The van der Waals surface area contributed by atoms with E-state index in [1.165, 1.54) is 0 Å². The van der Waals surface area contributed by atoms with E-state index in [4.69, 9.17) is 0 Å². The van der Waals surface area contributed by atoms with Crippen LogP contribution in [0.15, 0.2) is 42.7 Å². The third-order valence-corrected chi connectivity index (χ3v) is 3.17. The number of hydrogen-bond acceptors (Lipinski definition) is 3. The van der Waals surface area contributed by atoms with Gasteiger partial charge in [-0.15, -0.1) is 0 Å². The predicted molar refractivity (Wildman–Crippen MR) is 72.0 cm³/mol. The summed E-state index contributed by atoms with van der Waals surface area (Å²) in [4.78, 5) is 20.2. The lowest BCUT2D eigenvalue weighted by molar-refractivity contribution is -0.122. The smallest absolute Gasteiger partial charge is 0.223 e. The van der Waals surface area contributed by atoms with E-state index >= 15 is 0 Å². The van der Waals surface area contributed by atoms with Crippen LogP contribution in [0.2, 0.25) is 0 Å². The lowest BCUT2D eigenvalue weighted by atomic mass is 10.2. The Hall–Kier alpha value is -2.23. The van der Waals surface area contributed by atoms with Crippen molar-refractivity contribution in [2.75, 3.05) is 0 Å². The molecular weight excluding hydrogens is 238 g/mol. The first kappa shape index (κ1) is 11.8. The third kappa shape index (κ3) is 2.96. The number of aromatic nitrogens is 2. The Morgan fingerprint density at radius 3 is 2.63 bits per heavy atom. The molecule has 1 saturated carbocycles. The molecule has 2 heterocycles. The summed E-state index contributed by atoms with van der Waals surface area (Å²) in [7, 11) is 0. The van der Waals surface area contributed by atoms with E-state index in [0.717, 1.165) is 29.8 Å². The Kier molecular flexibility index (Phi) is 3.23. The summed E-state index contributed by atoms with van der Waals surface area (Å²) >= 11 is 0. The molecule has 4 nitrogen and oxygen atoms in total. The fourth-order valence-corrected chi connectivity index (χ4v) is 1.87. The molecule has 2 aromatic heterocycles. The second kappa shape index (κ2) is 5.18. The highest BCUT2D eigenvalue weighted by atomic mass is 16.2. The van der Waals surface area contributed by atoms with Crippen LogP contribution >= 0.6 is 0 Å². The molecule has 0 spiro atoms. The van der Waals surface area contributed by atoms with Crippen molar-refractivity contribution in [1.29, 1.82) is 0 Å². The van der Waals surface area contributed by atoms with Crippen LogP contribution in [-0.2, 0) is 11.3 Å². The zero-order chi connectivity index (χ0) is 13.1. The summed E-state index contributed by atoms with van der Waals surface area (Å²) in [6, 6.07) is 9.65. The van der Waals surface area contributed by atoms with Crippen LogP contribution in [0.4, 0.5) is 0 Å². The molecule has 0 atom stereocenters. The highest BCUT2D eigenvalue weighted by molar-refractivity contribution is 5.80. The first-order valence-corrected chi connectivity index (χ1v) is 6.47. The Labute approximate surface area is 111 Å². The fourth-order valence-electron chi connectivity index (χ4n) is 1.87. The molecule has 1 N–H and O–H groups in total. The van der Waals surface area contributed by atoms with Crippen LogP contribution in [0.5, 0.6) is 0 Å². The zero-order valence-electron chi connectivity index (χ0n) is 10.5. The van der Waals surface area contributed by atoms with Crippen molar-refractivity contribution in [3.63, 3.8) is 0 Å². The number of nitrogens with one attached hydrogen (secondary N) is 1. The van der Waals surface area contributed by atoms with E-state index in [1.54, 1.807) is 12.4 Å². The van der Waals surface area contributed by atoms with E-state index in [2.05, 4.69) is 15.3 Å². The maximum atomic E-state index is 11.5. The van der Waals surface area contributed by atoms with Gasteiger partial charge < -0.3 is 5.32 Å². The van der Waals surface area contributed by atoms with E-state index in [9.17, 15) is 4.79 Å². The number of carbonyl (C=O) groups excluding carboxylic acids is 1. The van der Waals surface area contributed by atoms with E-state index in [0.29, 0.717) is 6.54 Å². The molecule has 19 heavy (non-hydrogen) atoms. The molecular formula is C15H15N3O. The van der Waals surface area contributed by atoms with Gasteiger partial charge in [0.05, 0.1) is 11.4 Å². The number of carbonyl (C=O) groups is 1. The summed E-state index contributed by atoms with van der Waals surface area (Å²) in [5.74, 6) is 0.412. The number of hydrogen-bond donors (Lipinski definition) is 1. The van der Waals surface area contributed by atoms with Crippen LogP contribution in [0, 0.1) is 5.92 Å². The van der Waals surface area contributed by atoms with Gasteiger partial charge in [0.25, 0.3) is 0 Å². The van der Waals surface area contributed by atoms with Gasteiger partial charge in [0.2, 0.25) is 5.91 Å². The molecule has 0 aromatic carbocycles. The number of amides is 1. The monoisotopic (exact) mass is 253 g/mol. The van der Waals surface area contributed by atoms with E-state index < -0.39 is 0 Å². The molecule has 1 aliphatic rings. The quantitative estimate of drug-likeness (QED) is 0.908. The molecule has 96 valence electrons. The Bertz CT molecular complexity index is 562. The molecule has 0 unspecified atom stereocenters. The molecule has 1 aliphatic carbocycles. The zero-order valence-corrected chi connectivity index (χ0v) is 10.5. The minimum Gasteiger partial charge on any atom is -0.352 e. The van der Waals surface area contributed by atoms with Crippen LogP contribution in [0.25, 0.3) is 11.4 Å². The molecule has 0 aliphatic heterocycles. The van der Waals surface area contributed by atoms with Crippen LogP contribution in [0.1, 0.15) is 18.4 Å². The SMILES string of the molecule is O=C(NCc1ccc(-c2ccccn2)nc1)C1CC1. The molecule has 2 aromatic rings. The summed E-state index contributed by atoms with van der Waals surface area (Å²) in [6.07, 6.45) is 5.60. The third-order valence-electron chi connectivity index (χ3n) is 3.17. The normalized spacial score (nSPS) is 14.1. The van der Waals surface area contributed by atoms with Crippen LogP contribution in [-0.4, -0.2) is 15.9 Å². The van der Waals surface area contributed by atoms with Gasteiger partial charge in [-0.05, 0) is 36.6 Å². The molecule has 3 rings (SSSR count). The number of rotatable bonds is 4. The molecule has 0 radical (unpaired) electrons. The van der Waals surface area contributed by atoms with Gasteiger partial charge in [-0.25, -0.2) is 0 Å². The lowest BCUT2D eigenvalue weighted by Crippen LogP contribution is -2.24. The summed E-state index contributed by atoms with van der Waals surface area (Å²) < 4.78 is 0. The Balaban J connectivity index is 1.64. The first-order valence-electron chi connectivity index (χ1n) is 6.47. The summed E-state index contributed by atoms with van der Waals surface area (Å²) in [5.41, 5.74) is 2.71. The minimum absolute atomic E-state index is 0.161. The topological polar surface area (TPSA) is 54.9 Å². The van der Waals surface area contributed by atoms with E-state index in [-0.39, 0.29) is 11.8 Å². The van der Waals surface area contributed by atoms with Gasteiger partial charge in [0, 0.05) is 24.9 Å². The Morgan fingerprint density at radius 2 is 2.00 bits per heavy atom. The van der Waals surface area contributed by atoms with Crippen molar-refractivity contribution in [3.05, 3.63) is 48.3 Å². The van der Waals surface area contributed by atoms with Crippen LogP contribution in [0.3, 0.4) is 0 Å². The van der Waals surface area contributed by atoms with Gasteiger partial charge in [-0.3, -0.25) is 14.8 Å². The first-order chi connectivity index (χ1) is 9.33. The molecule has 0 bridgehead atoms. The maximum Gasteiger partial charge on any atom is 0.223 e. The van der Waals surface area contributed by atoms with Crippen molar-refractivity contribution >= 4 is 5.91 Å². The highest BCUT2D eigenvalue weighted by Gasteiger charge is 2.29. The predicted octanol–water partition coefficient (Wildman–Crippen LogP) is 2.17. The average Bonchev–Trinajstić information content (AvgIpc) is 3.31. The maximum absolute atomic E-state index is 11.5. The van der Waals surface area contributed by atoms with E-state index in [1.807, 2.05) is 30.3 Å². The van der Waals surface area contributed by atoms with Gasteiger partial charge in [-0.1, -0.05) is 12.1 Å². The van der Waals surface area contributed by atoms with Crippen molar-refractivity contribution < 1.29 is 4.79 Å². The van der Waals surface area contributed by atoms with Crippen molar-refractivity contribution in [2.24, 2.45) is 5.92 Å². The second-order valence-electron chi connectivity index (χ2n) is 4.76. The van der Waals surface area contributed by atoms with Gasteiger partial charge in [-0.2, -0.15) is 0 Å². The largest absolute Gasteiger partial charge is 0.352 e. The number of pyridine rings is 2. The summed E-state index contributed by atoms with van der Waals surface area (Å²) in [6.45, 7) is 0.546. The Morgan fingerprint density at radius 1 is 1.16 bits per heavy atom. The van der Waals surface area contributed by atoms with Gasteiger partial charge in [0.1, 0.15) is 0 Å². The standard InChI is InChI=1S/C15H15N3O/c19-15(12-5-6-12)18-10-11-4-7-14(17-9-11)13-3-1-2-8-16-13/h1-4,7-9,12H,5-6,10H2,(H,18,19). The fraction of sp³-hybridized carbons (Fsp3) is 0.267. The number of nitrogens with zero attached hydrogens (tertiary/aromatic N) is 2. The van der Waals surface area contributed by atoms with Gasteiger partial charge >= 0.3 is 0 Å². The second-order valence-corrected chi connectivity index (χ2v) is 4.76. The van der Waals surface area contributed by atoms with Crippen molar-refractivity contribution in [2.45, 2.75) is 19.4 Å². The molecule has 1 amide bonds. The molecule has 0 saturated heterocycles. The van der Waals surface area contributed by atoms with Crippen LogP contribution < -0.4 is 5.32 Å². The van der Waals surface area contributed by atoms with Crippen molar-refractivity contribution in [3.8, 4) is 11.4 Å².